The Bertz CT molecular complexity index is 1090. The predicted molar refractivity (Wildman–Crippen MR) is 126 cm³/mol. The molecule has 8 heteroatoms. The fraction of sp³-hybridized carbons (Fsp3) is 0.478. The molecule has 162 valence electrons. The van der Waals surface area contributed by atoms with Crippen LogP contribution in [0.25, 0.3) is 11.3 Å². The quantitative estimate of drug-likeness (QED) is 0.469. The van der Waals surface area contributed by atoms with Crippen LogP contribution in [0.1, 0.15) is 69.8 Å². The first-order chi connectivity index (χ1) is 14.9. The number of rotatable bonds is 7. The monoisotopic (exact) mass is 453 g/mol. The molecule has 5 rings (SSSR count). The Hall–Kier alpha value is -2.19. The molecule has 0 spiro atoms. The van der Waals surface area contributed by atoms with Crippen molar-refractivity contribution in [2.24, 2.45) is 0 Å². The fourth-order valence-electron chi connectivity index (χ4n) is 3.57. The van der Waals surface area contributed by atoms with E-state index in [1.54, 1.807) is 0 Å². The summed E-state index contributed by atoms with van der Waals surface area (Å²) in [6.45, 7) is 6.61. The largest absolute Gasteiger partial charge is 0.303 e. The molecular formula is C23H27N5OS2. The molecule has 2 aliphatic carbocycles. The summed E-state index contributed by atoms with van der Waals surface area (Å²) in [6, 6.07) is 9.02. The van der Waals surface area contributed by atoms with Gasteiger partial charge in [-0.3, -0.25) is 4.79 Å². The van der Waals surface area contributed by atoms with Gasteiger partial charge in [0, 0.05) is 22.9 Å². The van der Waals surface area contributed by atoms with E-state index in [-0.39, 0.29) is 11.3 Å². The van der Waals surface area contributed by atoms with E-state index in [1.165, 1.54) is 54.3 Å². The van der Waals surface area contributed by atoms with Crippen LogP contribution in [0.3, 0.4) is 0 Å². The standard InChI is InChI=1S/C23H27N5OS2/c1-23(2,3)16-8-6-14(7-9-16)18-12-30-21(24-18)25-19(29)13-31-22-27-26-20(15-4-5-15)28(22)17-10-11-17/h6-9,12,15,17H,4-5,10-11,13H2,1-3H3,(H,24,25,29). The van der Waals surface area contributed by atoms with Gasteiger partial charge >= 0.3 is 0 Å². The molecule has 6 nitrogen and oxygen atoms in total. The number of hydrogen-bond acceptors (Lipinski definition) is 6. The molecule has 0 radical (unpaired) electrons. The second-order valence-corrected chi connectivity index (χ2v) is 11.2. The lowest BCUT2D eigenvalue weighted by Crippen LogP contribution is -2.14. The highest BCUT2D eigenvalue weighted by atomic mass is 32.2. The Balaban J connectivity index is 1.20. The molecule has 0 bridgehead atoms. The van der Waals surface area contributed by atoms with Gasteiger partial charge in [-0.25, -0.2) is 4.98 Å². The van der Waals surface area contributed by atoms with Crippen LogP contribution in [-0.4, -0.2) is 31.4 Å². The Morgan fingerprint density at radius 1 is 1.16 bits per heavy atom. The number of thiazole rings is 1. The maximum atomic E-state index is 12.5. The molecule has 31 heavy (non-hydrogen) atoms. The van der Waals surface area contributed by atoms with E-state index in [0.717, 1.165) is 22.2 Å². The van der Waals surface area contributed by atoms with Crippen molar-refractivity contribution in [3.63, 3.8) is 0 Å². The van der Waals surface area contributed by atoms with Crippen LogP contribution < -0.4 is 5.32 Å². The molecule has 0 aliphatic heterocycles. The number of nitrogens with zero attached hydrogens (tertiary/aromatic N) is 4. The maximum Gasteiger partial charge on any atom is 0.236 e. The minimum atomic E-state index is -0.0627. The van der Waals surface area contributed by atoms with E-state index in [4.69, 9.17) is 0 Å². The van der Waals surface area contributed by atoms with E-state index in [9.17, 15) is 4.79 Å². The van der Waals surface area contributed by atoms with Gasteiger partial charge in [0.15, 0.2) is 10.3 Å². The third-order valence-corrected chi connectivity index (χ3v) is 7.38. The summed E-state index contributed by atoms with van der Waals surface area (Å²) in [5, 5.41) is 15.2. The summed E-state index contributed by atoms with van der Waals surface area (Å²) in [5.74, 6) is 1.94. The van der Waals surface area contributed by atoms with Gasteiger partial charge in [0.05, 0.1) is 11.4 Å². The van der Waals surface area contributed by atoms with Crippen LogP contribution >= 0.6 is 23.1 Å². The molecule has 1 aromatic carbocycles. The molecule has 2 saturated carbocycles. The van der Waals surface area contributed by atoms with Crippen molar-refractivity contribution < 1.29 is 4.79 Å². The van der Waals surface area contributed by atoms with Crippen molar-refractivity contribution in [2.45, 2.75) is 69.0 Å². The number of anilines is 1. The predicted octanol–water partition coefficient (Wildman–Crippen LogP) is 5.64. The van der Waals surface area contributed by atoms with E-state index >= 15 is 0 Å². The number of amides is 1. The molecule has 2 aliphatic rings. The van der Waals surface area contributed by atoms with E-state index in [0.29, 0.717) is 22.8 Å². The van der Waals surface area contributed by atoms with Crippen molar-refractivity contribution in [3.05, 3.63) is 41.0 Å². The highest BCUT2D eigenvalue weighted by Gasteiger charge is 2.36. The topological polar surface area (TPSA) is 72.7 Å². The van der Waals surface area contributed by atoms with Gasteiger partial charge in [-0.15, -0.1) is 21.5 Å². The van der Waals surface area contributed by atoms with Gasteiger partial charge in [0.1, 0.15) is 5.82 Å². The number of thioether (sulfide) groups is 1. The van der Waals surface area contributed by atoms with Crippen molar-refractivity contribution >= 4 is 34.1 Å². The second-order valence-electron chi connectivity index (χ2n) is 9.42. The molecule has 0 atom stereocenters. The molecule has 3 aromatic rings. The summed E-state index contributed by atoms with van der Waals surface area (Å²) in [4.78, 5) is 17.1. The summed E-state index contributed by atoms with van der Waals surface area (Å²) in [6.07, 6.45) is 4.80. The van der Waals surface area contributed by atoms with Crippen LogP contribution in [-0.2, 0) is 10.2 Å². The number of hydrogen-bond donors (Lipinski definition) is 1. The van der Waals surface area contributed by atoms with E-state index in [2.05, 4.69) is 70.1 Å². The van der Waals surface area contributed by atoms with Gasteiger partial charge in [0.25, 0.3) is 0 Å². The minimum absolute atomic E-state index is 0.0627. The first kappa shape index (κ1) is 20.7. The Kier molecular flexibility index (Phi) is 5.38. The number of nitrogens with one attached hydrogen (secondary N) is 1. The summed E-state index contributed by atoms with van der Waals surface area (Å²) < 4.78 is 2.28. The van der Waals surface area contributed by atoms with Gasteiger partial charge in [0.2, 0.25) is 5.91 Å². The van der Waals surface area contributed by atoms with Crippen molar-refractivity contribution in [2.75, 3.05) is 11.1 Å². The Morgan fingerprint density at radius 3 is 2.55 bits per heavy atom. The Labute approximate surface area is 190 Å². The third kappa shape index (κ3) is 4.70. The Morgan fingerprint density at radius 2 is 1.90 bits per heavy atom. The minimum Gasteiger partial charge on any atom is -0.303 e. The maximum absolute atomic E-state index is 12.5. The summed E-state index contributed by atoms with van der Waals surface area (Å²) in [5.41, 5.74) is 3.36. The third-order valence-electron chi connectivity index (χ3n) is 5.68. The molecule has 2 heterocycles. The zero-order valence-corrected chi connectivity index (χ0v) is 19.7. The van der Waals surface area contributed by atoms with Crippen LogP contribution in [0, 0.1) is 0 Å². The van der Waals surface area contributed by atoms with E-state index < -0.39 is 0 Å². The normalized spacial score (nSPS) is 16.5. The second kappa shape index (κ2) is 8.06. The number of carbonyl (C=O) groups excluding carboxylic acids is 1. The molecule has 0 unspecified atom stereocenters. The van der Waals surface area contributed by atoms with Gasteiger partial charge < -0.3 is 9.88 Å². The molecule has 2 fully saturated rings. The molecule has 1 N–H and O–H groups in total. The first-order valence-electron chi connectivity index (χ1n) is 10.8. The van der Waals surface area contributed by atoms with Crippen LogP contribution in [0.5, 0.6) is 0 Å². The van der Waals surface area contributed by atoms with Crippen molar-refractivity contribution in [3.8, 4) is 11.3 Å². The summed E-state index contributed by atoms with van der Waals surface area (Å²) in [7, 11) is 0. The van der Waals surface area contributed by atoms with Crippen LogP contribution in [0.2, 0.25) is 0 Å². The van der Waals surface area contributed by atoms with Crippen LogP contribution in [0.15, 0.2) is 34.8 Å². The van der Waals surface area contributed by atoms with E-state index in [1.807, 2.05) is 5.38 Å². The lowest BCUT2D eigenvalue weighted by molar-refractivity contribution is -0.113. The zero-order chi connectivity index (χ0) is 21.6. The molecule has 1 amide bonds. The average Bonchev–Trinajstić information content (AvgIpc) is 3.67. The number of carbonyl (C=O) groups is 1. The van der Waals surface area contributed by atoms with Crippen molar-refractivity contribution in [1.29, 1.82) is 0 Å². The lowest BCUT2D eigenvalue weighted by Gasteiger charge is -2.18. The number of benzene rings is 1. The van der Waals surface area contributed by atoms with Gasteiger partial charge in [-0.1, -0.05) is 56.8 Å². The molecule has 2 aromatic heterocycles. The number of aromatic nitrogens is 4. The first-order valence-corrected chi connectivity index (χ1v) is 12.7. The molecular weight excluding hydrogens is 426 g/mol. The highest BCUT2D eigenvalue weighted by Crippen LogP contribution is 2.46. The summed E-state index contributed by atoms with van der Waals surface area (Å²) >= 11 is 2.92. The SMILES string of the molecule is CC(C)(C)c1ccc(-c2csc(NC(=O)CSc3nnc(C4CC4)n3C3CC3)n2)cc1. The van der Waals surface area contributed by atoms with Gasteiger partial charge in [-0.05, 0) is 36.7 Å². The average molecular weight is 454 g/mol. The highest BCUT2D eigenvalue weighted by molar-refractivity contribution is 7.99. The smallest absolute Gasteiger partial charge is 0.236 e. The lowest BCUT2D eigenvalue weighted by atomic mass is 9.86. The van der Waals surface area contributed by atoms with Gasteiger partial charge in [-0.2, -0.15) is 0 Å². The van der Waals surface area contributed by atoms with Crippen LogP contribution in [0.4, 0.5) is 5.13 Å². The zero-order valence-electron chi connectivity index (χ0n) is 18.1. The molecule has 0 saturated heterocycles. The van der Waals surface area contributed by atoms with Crippen molar-refractivity contribution in [1.82, 2.24) is 19.7 Å². The fourth-order valence-corrected chi connectivity index (χ4v) is 5.12.